The van der Waals surface area contributed by atoms with Crippen LogP contribution in [0.25, 0.3) is 0 Å². The molecule has 1 aromatic rings. The number of rotatable bonds is 6. The summed E-state index contributed by atoms with van der Waals surface area (Å²) in [6, 6.07) is 10.1. The first-order valence-electron chi connectivity index (χ1n) is 10.1. The molecule has 0 atom stereocenters. The molecular weight excluding hydrogens is 326 g/mol. The van der Waals surface area contributed by atoms with Crippen LogP contribution in [-0.4, -0.2) is 42.4 Å². The van der Waals surface area contributed by atoms with Gasteiger partial charge in [0.15, 0.2) is 0 Å². The van der Waals surface area contributed by atoms with Crippen molar-refractivity contribution in [3.05, 3.63) is 30.3 Å². The molecule has 5 heteroatoms. The number of likely N-dealkylation sites (tertiary alicyclic amines) is 1. The van der Waals surface area contributed by atoms with E-state index in [0.29, 0.717) is 18.9 Å². The molecule has 1 aliphatic carbocycles. The van der Waals surface area contributed by atoms with Crippen LogP contribution in [0.1, 0.15) is 51.4 Å². The minimum atomic E-state index is 0.0884. The van der Waals surface area contributed by atoms with Gasteiger partial charge in [0.05, 0.1) is 0 Å². The van der Waals surface area contributed by atoms with Crippen LogP contribution in [-0.2, 0) is 9.59 Å². The van der Waals surface area contributed by atoms with Crippen molar-refractivity contribution in [1.82, 2.24) is 10.2 Å². The molecule has 1 aromatic carbocycles. The summed E-state index contributed by atoms with van der Waals surface area (Å²) >= 11 is 0. The summed E-state index contributed by atoms with van der Waals surface area (Å²) < 4.78 is 0. The van der Waals surface area contributed by atoms with Gasteiger partial charge in [0.25, 0.3) is 0 Å². The van der Waals surface area contributed by atoms with Crippen molar-refractivity contribution in [3.8, 4) is 0 Å². The van der Waals surface area contributed by atoms with Crippen molar-refractivity contribution in [1.29, 1.82) is 0 Å². The maximum Gasteiger partial charge on any atom is 0.225 e. The molecule has 1 saturated carbocycles. The first-order valence-corrected chi connectivity index (χ1v) is 10.1. The van der Waals surface area contributed by atoms with E-state index in [2.05, 4.69) is 10.6 Å². The Balaban J connectivity index is 1.33. The first-order chi connectivity index (χ1) is 12.7. The van der Waals surface area contributed by atoms with Gasteiger partial charge in [-0.15, -0.1) is 0 Å². The van der Waals surface area contributed by atoms with E-state index >= 15 is 0 Å². The predicted molar refractivity (Wildman–Crippen MR) is 104 cm³/mol. The first kappa shape index (κ1) is 18.7. The van der Waals surface area contributed by atoms with Gasteiger partial charge in [0.1, 0.15) is 0 Å². The molecule has 1 saturated heterocycles. The fourth-order valence-electron chi connectivity index (χ4n) is 4.03. The van der Waals surface area contributed by atoms with E-state index in [1.54, 1.807) is 0 Å². The zero-order chi connectivity index (χ0) is 18.2. The molecule has 2 aliphatic rings. The van der Waals surface area contributed by atoms with E-state index in [-0.39, 0.29) is 17.9 Å². The third kappa shape index (κ3) is 5.48. The van der Waals surface area contributed by atoms with Gasteiger partial charge in [-0.3, -0.25) is 9.59 Å². The van der Waals surface area contributed by atoms with Crippen molar-refractivity contribution >= 4 is 17.5 Å². The van der Waals surface area contributed by atoms with Crippen LogP contribution in [0.2, 0.25) is 0 Å². The minimum Gasteiger partial charge on any atom is -0.385 e. The Morgan fingerprint density at radius 1 is 0.962 bits per heavy atom. The van der Waals surface area contributed by atoms with Gasteiger partial charge in [0, 0.05) is 43.7 Å². The largest absolute Gasteiger partial charge is 0.385 e. The number of anilines is 1. The summed E-state index contributed by atoms with van der Waals surface area (Å²) in [5.41, 5.74) is 1.04. The van der Waals surface area contributed by atoms with E-state index in [9.17, 15) is 9.59 Å². The highest BCUT2D eigenvalue weighted by Crippen LogP contribution is 2.26. The Bertz CT molecular complexity index is 576. The van der Waals surface area contributed by atoms with Crippen LogP contribution < -0.4 is 10.6 Å². The van der Waals surface area contributed by atoms with Gasteiger partial charge in [-0.1, -0.05) is 37.5 Å². The molecule has 0 radical (unpaired) electrons. The number of carbonyl (C=O) groups excluding carboxylic acids is 2. The van der Waals surface area contributed by atoms with Crippen LogP contribution in [0.4, 0.5) is 5.69 Å². The van der Waals surface area contributed by atoms with E-state index in [4.69, 9.17) is 0 Å². The number of benzene rings is 1. The molecule has 0 bridgehead atoms. The van der Waals surface area contributed by atoms with Gasteiger partial charge in [-0.25, -0.2) is 0 Å². The number of carbonyl (C=O) groups is 2. The highest BCUT2D eigenvalue weighted by molar-refractivity contribution is 5.79. The Kier molecular flexibility index (Phi) is 6.92. The number of para-hydroxylation sites is 1. The maximum absolute atomic E-state index is 12.6. The number of hydrogen-bond donors (Lipinski definition) is 2. The normalized spacial score (nSPS) is 19.2. The van der Waals surface area contributed by atoms with Crippen LogP contribution in [0.5, 0.6) is 0 Å². The molecule has 0 spiro atoms. The summed E-state index contributed by atoms with van der Waals surface area (Å²) in [5, 5.41) is 6.38. The lowest BCUT2D eigenvalue weighted by atomic mass is 9.87. The second kappa shape index (κ2) is 9.60. The standard InChI is InChI=1S/C21H31N3O2/c25-20(11-14-22-18-9-5-2-6-10-18)23-19-12-15-24(16-13-19)21(26)17-7-3-1-4-8-17/h2,5-6,9-10,17,19,22H,1,3-4,7-8,11-16H2,(H,23,25). The quantitative estimate of drug-likeness (QED) is 0.822. The summed E-state index contributed by atoms with van der Waals surface area (Å²) in [5.74, 6) is 0.686. The van der Waals surface area contributed by atoms with Gasteiger partial charge >= 0.3 is 0 Å². The average Bonchev–Trinajstić information content (AvgIpc) is 2.69. The summed E-state index contributed by atoms with van der Waals surface area (Å²) in [7, 11) is 0. The van der Waals surface area contributed by atoms with Gasteiger partial charge in [-0.2, -0.15) is 0 Å². The Labute approximate surface area is 156 Å². The highest BCUT2D eigenvalue weighted by atomic mass is 16.2. The summed E-state index contributed by atoms with van der Waals surface area (Å²) in [6.07, 6.45) is 7.99. The number of nitrogens with zero attached hydrogens (tertiary/aromatic N) is 1. The van der Waals surface area contributed by atoms with Crippen molar-refractivity contribution in [3.63, 3.8) is 0 Å². The van der Waals surface area contributed by atoms with Crippen LogP contribution >= 0.6 is 0 Å². The molecule has 1 aliphatic heterocycles. The second-order valence-corrected chi connectivity index (χ2v) is 7.54. The maximum atomic E-state index is 12.6. The fraction of sp³-hybridized carbons (Fsp3) is 0.619. The molecule has 3 rings (SSSR count). The lowest BCUT2D eigenvalue weighted by molar-refractivity contribution is -0.137. The topological polar surface area (TPSA) is 61.4 Å². The number of amides is 2. The van der Waals surface area contributed by atoms with Crippen LogP contribution in [0.3, 0.4) is 0 Å². The van der Waals surface area contributed by atoms with Gasteiger partial charge in [-0.05, 0) is 37.8 Å². The molecule has 0 aromatic heterocycles. The van der Waals surface area contributed by atoms with Crippen molar-refractivity contribution in [2.75, 3.05) is 25.0 Å². The fourth-order valence-corrected chi connectivity index (χ4v) is 4.03. The molecule has 2 amide bonds. The Morgan fingerprint density at radius 3 is 2.35 bits per heavy atom. The summed E-state index contributed by atoms with van der Waals surface area (Å²) in [6.45, 7) is 2.19. The lowest BCUT2D eigenvalue weighted by Crippen LogP contribution is -2.48. The average molecular weight is 357 g/mol. The zero-order valence-electron chi connectivity index (χ0n) is 15.6. The smallest absolute Gasteiger partial charge is 0.225 e. The molecule has 0 unspecified atom stereocenters. The minimum absolute atomic E-state index is 0.0884. The van der Waals surface area contributed by atoms with E-state index in [1.165, 1.54) is 19.3 Å². The highest BCUT2D eigenvalue weighted by Gasteiger charge is 2.29. The van der Waals surface area contributed by atoms with E-state index in [1.807, 2.05) is 35.2 Å². The monoisotopic (exact) mass is 357 g/mol. The molecule has 26 heavy (non-hydrogen) atoms. The van der Waals surface area contributed by atoms with E-state index < -0.39 is 0 Å². The molecular formula is C21H31N3O2. The van der Waals surface area contributed by atoms with Crippen molar-refractivity contribution in [2.45, 2.75) is 57.4 Å². The number of piperidine rings is 1. The van der Waals surface area contributed by atoms with E-state index in [0.717, 1.165) is 44.5 Å². The van der Waals surface area contributed by atoms with Crippen LogP contribution in [0, 0.1) is 5.92 Å². The third-order valence-electron chi connectivity index (χ3n) is 5.58. The number of nitrogens with one attached hydrogen (secondary N) is 2. The SMILES string of the molecule is O=C(CCNc1ccccc1)NC1CCN(C(=O)C2CCCCC2)CC1. The molecule has 2 N–H and O–H groups in total. The molecule has 1 heterocycles. The zero-order valence-corrected chi connectivity index (χ0v) is 15.6. The molecule has 5 nitrogen and oxygen atoms in total. The van der Waals surface area contributed by atoms with Crippen molar-refractivity contribution < 1.29 is 9.59 Å². The summed E-state index contributed by atoms with van der Waals surface area (Å²) in [4.78, 5) is 26.7. The molecule has 2 fully saturated rings. The van der Waals surface area contributed by atoms with Gasteiger partial charge in [0.2, 0.25) is 11.8 Å². The van der Waals surface area contributed by atoms with Crippen LogP contribution in [0.15, 0.2) is 30.3 Å². The van der Waals surface area contributed by atoms with Crippen molar-refractivity contribution in [2.24, 2.45) is 5.92 Å². The Hall–Kier alpha value is -2.04. The Morgan fingerprint density at radius 2 is 1.65 bits per heavy atom. The number of hydrogen-bond acceptors (Lipinski definition) is 3. The third-order valence-corrected chi connectivity index (χ3v) is 5.58. The predicted octanol–water partition coefficient (Wildman–Crippen LogP) is 3.18. The lowest BCUT2D eigenvalue weighted by Gasteiger charge is -2.35. The molecule has 142 valence electrons. The van der Waals surface area contributed by atoms with Gasteiger partial charge < -0.3 is 15.5 Å². The second-order valence-electron chi connectivity index (χ2n) is 7.54.